The summed E-state index contributed by atoms with van der Waals surface area (Å²) >= 11 is 0. The Morgan fingerprint density at radius 3 is 0.735 bits per heavy atom. The average Bonchev–Trinajstić information content (AvgIpc) is 3.25. The normalized spacial score (nSPS) is 9.88. The molecule has 4 aromatic carbocycles. The Bertz CT molecular complexity index is 2140. The number of carbonyl (C=O) groups excluding carboxylic acids is 9. The van der Waals surface area contributed by atoms with E-state index in [1.807, 2.05) is 18.2 Å². The number of aromatic nitrogens is 1. The van der Waals surface area contributed by atoms with E-state index >= 15 is 0 Å². The second-order valence-corrected chi connectivity index (χ2v) is 13.2. The predicted octanol–water partition coefficient (Wildman–Crippen LogP) is -1.08. The summed E-state index contributed by atoms with van der Waals surface area (Å²) in [6.07, 6.45) is 5.75. The van der Waals surface area contributed by atoms with Gasteiger partial charge in [-0.05, 0) is 26.0 Å². The molecule has 0 saturated heterocycles. The van der Waals surface area contributed by atoms with Crippen LogP contribution in [-0.2, 0) is 74.3 Å². The van der Waals surface area contributed by atoms with E-state index < -0.39 is 58.1 Å². The molecule has 0 saturated carbocycles. The number of carboxylic acid groups (broad SMARTS) is 2. The van der Waals surface area contributed by atoms with Crippen molar-refractivity contribution < 1.29 is 124 Å². The minimum atomic E-state index is -1.08. The van der Waals surface area contributed by atoms with Crippen LogP contribution in [0.4, 0.5) is 0 Å². The van der Waals surface area contributed by atoms with Crippen molar-refractivity contribution in [3.8, 4) is 23.0 Å². The van der Waals surface area contributed by atoms with Crippen molar-refractivity contribution in [1.29, 1.82) is 0 Å². The first-order valence-corrected chi connectivity index (χ1v) is 18.4. The van der Waals surface area contributed by atoms with E-state index in [1.165, 1.54) is 87.5 Å². The van der Waals surface area contributed by atoms with Crippen molar-refractivity contribution in [2.24, 2.45) is 0 Å². The third-order valence-corrected chi connectivity index (χ3v) is 7.19. The molecule has 0 aliphatic heterocycles. The summed E-state index contributed by atoms with van der Waals surface area (Å²) in [4.78, 5) is 103. The number of aliphatic carboxylic acids is 2. The first-order chi connectivity index (χ1) is 30.5. The molecule has 3 amide bonds. The zero-order valence-corrected chi connectivity index (χ0v) is 40.6. The van der Waals surface area contributed by atoms with Gasteiger partial charge in [-0.1, -0.05) is 102 Å². The number of carboxylic acids is 2. The maximum atomic E-state index is 12.1. The number of amides is 3. The summed E-state index contributed by atoms with van der Waals surface area (Å²) < 4.78 is 0. The van der Waals surface area contributed by atoms with E-state index in [4.69, 9.17) is 19.8 Å². The Morgan fingerprint density at radius 1 is 0.412 bits per heavy atom. The fraction of sp³-hybridized carbons (Fsp3) is 0.174. The Labute approximate surface area is 423 Å². The number of hydrogen-bond acceptors (Lipinski definition) is 16. The van der Waals surface area contributed by atoms with Crippen LogP contribution in [0.1, 0.15) is 77.5 Å². The third kappa shape index (κ3) is 22.8. The van der Waals surface area contributed by atoms with Crippen molar-refractivity contribution in [3.05, 3.63) is 148 Å². The second kappa shape index (κ2) is 35.0. The van der Waals surface area contributed by atoms with Crippen LogP contribution < -0.4 is 30.6 Å². The summed E-state index contributed by atoms with van der Waals surface area (Å²) in [5.74, 6) is -6.49. The molecule has 1 heterocycles. The van der Waals surface area contributed by atoms with Crippen LogP contribution in [0, 0.1) is 0 Å². The second-order valence-electron chi connectivity index (χ2n) is 13.2. The Hall–Kier alpha value is -7.22. The zero-order chi connectivity index (χ0) is 50.0. The van der Waals surface area contributed by atoms with Crippen LogP contribution >= 0.6 is 0 Å². The van der Waals surface area contributed by atoms with Gasteiger partial charge in [0.25, 0.3) is 0 Å². The van der Waals surface area contributed by atoms with Crippen molar-refractivity contribution in [2.75, 3.05) is 42.3 Å². The number of carbonyl (C=O) groups is 9. The number of hydrogen-bond donors (Lipinski definition) is 0. The van der Waals surface area contributed by atoms with Gasteiger partial charge in [0.05, 0.1) is 0 Å². The van der Waals surface area contributed by atoms with Crippen molar-refractivity contribution in [3.63, 3.8) is 0 Å². The summed E-state index contributed by atoms with van der Waals surface area (Å²) in [7, 11) is 10.1. The molecule has 19 nitrogen and oxygen atoms in total. The Balaban J connectivity index is -0.000000378. The zero-order valence-electron chi connectivity index (χ0n) is 37.5. The molecule has 0 spiro atoms. The summed E-state index contributed by atoms with van der Waals surface area (Å²) in [6, 6.07) is 22.0. The molecule has 2 aliphatic rings. The van der Waals surface area contributed by atoms with Crippen LogP contribution in [0.5, 0.6) is 23.0 Å². The number of ketones is 4. The molecule has 7 rings (SSSR count). The molecular formula is C46H44Co3N4O15. The molecule has 2 aliphatic carbocycles. The van der Waals surface area contributed by atoms with Gasteiger partial charge in [0.15, 0.2) is 23.1 Å². The average molecular weight is 1070 g/mol. The van der Waals surface area contributed by atoms with Crippen LogP contribution in [-0.4, -0.2) is 116 Å². The monoisotopic (exact) mass is 1070 g/mol. The fourth-order valence-corrected chi connectivity index (χ4v) is 4.67. The molecule has 0 bridgehead atoms. The number of rotatable bonds is 3. The molecule has 22 heteroatoms. The molecule has 0 atom stereocenters. The van der Waals surface area contributed by atoms with Gasteiger partial charge in [-0.2, -0.15) is 0 Å². The fourth-order valence-electron chi connectivity index (χ4n) is 4.67. The SMILES string of the molecule is CC(=O)[O-].CC(=O)[O-].CN(C)C=O.CN(C)C=O.CN(C)C=O.O=C1c2cccc([O-])c2C(=O)c2c([O-])cccc21.O=C1c2cccc([O-])c2C(=O)c2c([O-])cccc21.[Co+2].[Co+2].[Co+2].c1ccncc1. The Kier molecular flexibility index (Phi) is 34.7. The molecule has 1 aromatic heterocycles. The Morgan fingerprint density at radius 2 is 0.603 bits per heavy atom. The quantitative estimate of drug-likeness (QED) is 0.190. The molecular weight excluding hydrogens is 1030 g/mol. The van der Waals surface area contributed by atoms with Crippen LogP contribution in [0.25, 0.3) is 0 Å². The van der Waals surface area contributed by atoms with E-state index in [2.05, 4.69) is 4.98 Å². The first kappa shape index (κ1) is 67.4. The maximum Gasteiger partial charge on any atom is 2.00 e. The molecule has 68 heavy (non-hydrogen) atoms. The molecule has 0 unspecified atom stereocenters. The van der Waals surface area contributed by atoms with Gasteiger partial charge in [0.2, 0.25) is 19.2 Å². The van der Waals surface area contributed by atoms with Gasteiger partial charge < -0.3 is 54.9 Å². The summed E-state index contributed by atoms with van der Waals surface area (Å²) in [5.41, 5.74) is -0.486. The van der Waals surface area contributed by atoms with E-state index in [0.29, 0.717) is 0 Å². The minimum absolute atomic E-state index is 0. The molecule has 3 radical (unpaired) electrons. The first-order valence-electron chi connectivity index (χ1n) is 18.4. The number of benzene rings is 4. The topological polar surface area (TPSA) is 315 Å². The maximum absolute atomic E-state index is 12.1. The van der Waals surface area contributed by atoms with Crippen LogP contribution in [0.3, 0.4) is 0 Å². The molecule has 0 fully saturated rings. The number of fused-ring (bicyclic) bond motifs is 4. The number of pyridine rings is 1. The molecule has 5 aromatic rings. The predicted molar refractivity (Wildman–Crippen MR) is 222 cm³/mol. The minimum Gasteiger partial charge on any atom is -0.872 e. The van der Waals surface area contributed by atoms with E-state index in [1.54, 1.807) is 54.7 Å². The van der Waals surface area contributed by atoms with E-state index in [9.17, 15) is 54.0 Å². The molecule has 0 N–H and O–H groups in total. The van der Waals surface area contributed by atoms with Crippen LogP contribution in [0.2, 0.25) is 0 Å². The van der Waals surface area contributed by atoms with Gasteiger partial charge in [0, 0.05) is 111 Å². The largest absolute Gasteiger partial charge is 2.00 e. The number of nitrogens with zero attached hydrogens (tertiary/aromatic N) is 4. The van der Waals surface area contributed by atoms with Gasteiger partial charge in [-0.3, -0.25) is 38.5 Å². The van der Waals surface area contributed by atoms with Crippen molar-refractivity contribution >= 4 is 54.3 Å². The van der Waals surface area contributed by atoms with Crippen LogP contribution in [0.15, 0.2) is 103 Å². The van der Waals surface area contributed by atoms with Gasteiger partial charge in [-0.25, -0.2) is 0 Å². The van der Waals surface area contributed by atoms with E-state index in [0.717, 1.165) is 33.1 Å². The van der Waals surface area contributed by atoms with Gasteiger partial charge in [0.1, 0.15) is 0 Å². The van der Waals surface area contributed by atoms with E-state index in [-0.39, 0.29) is 94.8 Å². The third-order valence-electron chi connectivity index (χ3n) is 7.19. The smallest absolute Gasteiger partial charge is 0.872 e. The van der Waals surface area contributed by atoms with Gasteiger partial charge >= 0.3 is 50.3 Å². The molecule has 365 valence electrons. The summed E-state index contributed by atoms with van der Waals surface area (Å²) in [6.45, 7) is 1.94. The van der Waals surface area contributed by atoms with Gasteiger partial charge in [-0.15, -0.1) is 0 Å². The van der Waals surface area contributed by atoms with Crippen molar-refractivity contribution in [2.45, 2.75) is 13.8 Å². The summed E-state index contributed by atoms with van der Waals surface area (Å²) in [5, 5.41) is 64.4. The van der Waals surface area contributed by atoms with Crippen molar-refractivity contribution in [1.82, 2.24) is 19.7 Å². The standard InChI is InChI=1S/2C14H8O4.C5H5N.3C3H7NO.2C2H4O2.3Co/c2*15-9-5-1-3-7-11(9)14(18)12-8(13(7)17)4-2-6-10(12)16;1-2-4-6-5-3-1;3*1-4(2)3-5;2*1-2(3)4;;;/h2*1-6,15-16H;1-5H;3*3H,1-2H3;2*1H3,(H,3,4);;;/q;;;;;;;;3*+2/p-6.